The molecule has 2 unspecified atom stereocenters. The van der Waals surface area contributed by atoms with Crippen LogP contribution in [0, 0.1) is 0 Å². The van der Waals surface area contributed by atoms with Gasteiger partial charge in [0.2, 0.25) is 0 Å². The molecule has 2 fully saturated rings. The highest BCUT2D eigenvalue weighted by Crippen LogP contribution is 2.43. The molecule has 4 nitrogen and oxygen atoms in total. The van der Waals surface area contributed by atoms with Crippen molar-refractivity contribution in [3.05, 3.63) is 17.2 Å². The maximum atomic E-state index is 6.51. The Labute approximate surface area is 127 Å². The van der Waals surface area contributed by atoms with Crippen LogP contribution in [0.5, 0.6) is 0 Å². The number of aromatic nitrogens is 2. The van der Waals surface area contributed by atoms with Gasteiger partial charge >= 0.3 is 0 Å². The van der Waals surface area contributed by atoms with Gasteiger partial charge in [-0.25, -0.2) is 0 Å². The minimum absolute atomic E-state index is 0.327. The van der Waals surface area contributed by atoms with E-state index >= 15 is 0 Å². The van der Waals surface area contributed by atoms with Crippen LogP contribution in [0.3, 0.4) is 0 Å². The largest absolute Gasteiger partial charge is 0.362 e. The van der Waals surface area contributed by atoms with Gasteiger partial charge in [0.05, 0.1) is 22.4 Å². The van der Waals surface area contributed by atoms with Crippen LogP contribution >= 0.6 is 23.3 Å². The van der Waals surface area contributed by atoms with Crippen molar-refractivity contribution in [3.8, 4) is 0 Å². The van der Waals surface area contributed by atoms with Crippen molar-refractivity contribution in [1.29, 1.82) is 0 Å². The molecule has 106 valence electrons. The predicted molar refractivity (Wildman–Crippen MR) is 83.5 cm³/mol. The molecule has 3 heterocycles. The van der Waals surface area contributed by atoms with Crippen LogP contribution in [0.15, 0.2) is 12.1 Å². The Hall–Kier alpha value is -0.910. The van der Waals surface area contributed by atoms with Gasteiger partial charge < -0.3 is 10.6 Å². The first-order chi connectivity index (χ1) is 9.74. The number of hydrogen-bond donors (Lipinski definition) is 1. The lowest BCUT2D eigenvalue weighted by molar-refractivity contribution is 0.272. The molecule has 0 radical (unpaired) electrons. The standard InChI is InChI=1S/C14H17ClN4S/c15-11-4-5-12-13(18-20-17-12)14(11)19-9-2-1-3-10(19)7-8(16)6-9/h4-5,8-10H,1-3,6-7,16H2. The van der Waals surface area contributed by atoms with Crippen molar-refractivity contribution in [2.24, 2.45) is 5.73 Å². The van der Waals surface area contributed by atoms with Crippen LogP contribution in [-0.2, 0) is 0 Å². The zero-order valence-corrected chi connectivity index (χ0v) is 12.7. The van der Waals surface area contributed by atoms with Crippen LogP contribution < -0.4 is 10.6 Å². The monoisotopic (exact) mass is 308 g/mol. The molecule has 4 rings (SSSR count). The third-order valence-corrected chi connectivity index (χ3v) is 5.47. The van der Waals surface area contributed by atoms with Crippen LogP contribution in [0.2, 0.25) is 5.02 Å². The fraction of sp³-hybridized carbons (Fsp3) is 0.571. The molecule has 2 N–H and O–H groups in total. The topological polar surface area (TPSA) is 55.0 Å². The van der Waals surface area contributed by atoms with Crippen LogP contribution in [0.1, 0.15) is 32.1 Å². The highest BCUT2D eigenvalue weighted by molar-refractivity contribution is 7.00. The maximum absolute atomic E-state index is 6.51. The van der Waals surface area contributed by atoms with Gasteiger partial charge in [0, 0.05) is 18.1 Å². The van der Waals surface area contributed by atoms with Crippen molar-refractivity contribution in [2.45, 2.75) is 50.2 Å². The molecule has 2 aliphatic heterocycles. The normalized spacial score (nSPS) is 29.9. The summed E-state index contributed by atoms with van der Waals surface area (Å²) >= 11 is 7.76. The second-order valence-corrected chi connectivity index (χ2v) is 6.84. The Morgan fingerprint density at radius 2 is 1.95 bits per heavy atom. The molecule has 2 saturated heterocycles. The third-order valence-electron chi connectivity index (χ3n) is 4.62. The lowest BCUT2D eigenvalue weighted by atomic mass is 9.81. The second kappa shape index (κ2) is 4.83. The molecule has 0 spiro atoms. The summed E-state index contributed by atoms with van der Waals surface area (Å²) < 4.78 is 8.82. The Morgan fingerprint density at radius 1 is 1.20 bits per heavy atom. The Bertz CT molecular complexity index is 629. The molecule has 0 saturated carbocycles. The number of nitrogens with zero attached hydrogens (tertiary/aromatic N) is 3. The second-order valence-electron chi connectivity index (χ2n) is 5.91. The van der Waals surface area contributed by atoms with Gasteiger partial charge in [0.15, 0.2) is 0 Å². The lowest BCUT2D eigenvalue weighted by Crippen LogP contribution is -2.55. The van der Waals surface area contributed by atoms with E-state index in [1.165, 1.54) is 31.0 Å². The molecule has 1 aromatic carbocycles. The highest BCUT2D eigenvalue weighted by atomic mass is 35.5. The van der Waals surface area contributed by atoms with Crippen molar-refractivity contribution >= 4 is 40.0 Å². The van der Waals surface area contributed by atoms with Gasteiger partial charge in [0.1, 0.15) is 11.0 Å². The Balaban J connectivity index is 1.86. The first-order valence-corrected chi connectivity index (χ1v) is 8.29. The fourth-order valence-corrected chi connectivity index (χ4v) is 4.64. The van der Waals surface area contributed by atoms with Crippen LogP contribution in [0.25, 0.3) is 11.0 Å². The summed E-state index contributed by atoms with van der Waals surface area (Å²) in [7, 11) is 0. The lowest BCUT2D eigenvalue weighted by Gasteiger charge is -2.49. The molecule has 2 aliphatic rings. The van der Waals surface area contributed by atoms with Crippen molar-refractivity contribution in [1.82, 2.24) is 8.75 Å². The van der Waals surface area contributed by atoms with E-state index in [1.807, 2.05) is 12.1 Å². The van der Waals surface area contributed by atoms with Crippen molar-refractivity contribution in [2.75, 3.05) is 4.90 Å². The zero-order valence-electron chi connectivity index (χ0n) is 11.1. The van der Waals surface area contributed by atoms with E-state index in [0.29, 0.717) is 18.1 Å². The SMILES string of the molecule is NC1CC2CCCC(C1)N2c1c(Cl)ccc2nsnc12. The number of halogens is 1. The summed E-state index contributed by atoms with van der Waals surface area (Å²) in [5.74, 6) is 0. The first-order valence-electron chi connectivity index (χ1n) is 7.18. The van der Waals surface area contributed by atoms with Gasteiger partial charge in [-0.05, 0) is 44.2 Å². The summed E-state index contributed by atoms with van der Waals surface area (Å²) in [4.78, 5) is 2.50. The summed E-state index contributed by atoms with van der Waals surface area (Å²) in [5, 5.41) is 0.789. The number of hydrogen-bond acceptors (Lipinski definition) is 5. The molecule has 0 aliphatic carbocycles. The third kappa shape index (κ3) is 1.91. The van der Waals surface area contributed by atoms with Gasteiger partial charge in [-0.3, -0.25) is 0 Å². The molecule has 1 aromatic heterocycles. The number of fused-ring (bicyclic) bond motifs is 3. The van der Waals surface area contributed by atoms with Crippen LogP contribution in [-0.4, -0.2) is 26.9 Å². The Morgan fingerprint density at radius 3 is 2.70 bits per heavy atom. The van der Waals surface area contributed by atoms with Crippen molar-refractivity contribution in [3.63, 3.8) is 0 Å². The van der Waals surface area contributed by atoms with Gasteiger partial charge in [0.25, 0.3) is 0 Å². The minimum atomic E-state index is 0.327. The van der Waals surface area contributed by atoms with E-state index in [9.17, 15) is 0 Å². The highest BCUT2D eigenvalue weighted by Gasteiger charge is 2.39. The van der Waals surface area contributed by atoms with E-state index in [2.05, 4.69) is 13.6 Å². The maximum Gasteiger partial charge on any atom is 0.129 e. The van der Waals surface area contributed by atoms with Crippen LogP contribution in [0.4, 0.5) is 5.69 Å². The molecular weight excluding hydrogens is 292 g/mol. The predicted octanol–water partition coefficient (Wildman–Crippen LogP) is 3.19. The number of nitrogens with two attached hydrogens (primary N) is 1. The van der Waals surface area contributed by atoms with E-state index in [4.69, 9.17) is 17.3 Å². The number of piperidine rings is 2. The molecule has 6 heteroatoms. The van der Waals surface area contributed by atoms with E-state index in [1.54, 1.807) is 0 Å². The first kappa shape index (κ1) is 12.8. The number of anilines is 1. The molecule has 0 amide bonds. The average Bonchev–Trinajstić information content (AvgIpc) is 2.86. The summed E-state index contributed by atoms with van der Waals surface area (Å²) in [5.41, 5.74) is 9.19. The van der Waals surface area contributed by atoms with Gasteiger partial charge in [-0.1, -0.05) is 11.6 Å². The molecule has 20 heavy (non-hydrogen) atoms. The molecular formula is C14H17ClN4S. The molecule has 2 bridgehead atoms. The number of rotatable bonds is 1. The number of benzene rings is 1. The molecule has 2 aromatic rings. The minimum Gasteiger partial charge on any atom is -0.362 e. The van der Waals surface area contributed by atoms with E-state index in [0.717, 1.165) is 34.6 Å². The Kier molecular flexibility index (Phi) is 3.09. The van der Waals surface area contributed by atoms with E-state index in [-0.39, 0.29) is 0 Å². The average molecular weight is 309 g/mol. The summed E-state index contributed by atoms with van der Waals surface area (Å²) in [6, 6.07) is 5.23. The summed E-state index contributed by atoms with van der Waals surface area (Å²) in [6.45, 7) is 0. The van der Waals surface area contributed by atoms with E-state index < -0.39 is 0 Å². The van der Waals surface area contributed by atoms with Gasteiger partial charge in [-0.15, -0.1) is 0 Å². The molecule has 2 atom stereocenters. The smallest absolute Gasteiger partial charge is 0.129 e. The fourth-order valence-electron chi connectivity index (χ4n) is 3.85. The summed E-state index contributed by atoms with van der Waals surface area (Å²) in [6.07, 6.45) is 5.81. The van der Waals surface area contributed by atoms with Gasteiger partial charge in [-0.2, -0.15) is 8.75 Å². The quantitative estimate of drug-likeness (QED) is 0.879. The zero-order chi connectivity index (χ0) is 13.7. The van der Waals surface area contributed by atoms with Crippen molar-refractivity contribution < 1.29 is 0 Å².